The van der Waals surface area contributed by atoms with Gasteiger partial charge in [-0.25, -0.2) is 4.79 Å². The lowest BCUT2D eigenvalue weighted by molar-refractivity contribution is -0.141. The number of aromatic nitrogens is 1. The zero-order chi connectivity index (χ0) is 20.5. The Bertz CT molecular complexity index is 841. The highest BCUT2D eigenvalue weighted by Gasteiger charge is 2.41. The summed E-state index contributed by atoms with van der Waals surface area (Å²) in [7, 11) is 0. The van der Waals surface area contributed by atoms with Crippen molar-refractivity contribution in [3.8, 4) is 0 Å². The number of likely N-dealkylation sites (tertiary alicyclic amines) is 2. The van der Waals surface area contributed by atoms with Crippen LogP contribution < -0.4 is 5.32 Å². The quantitative estimate of drug-likeness (QED) is 0.741. The van der Waals surface area contributed by atoms with E-state index in [0.717, 1.165) is 23.3 Å². The number of piperidine rings is 2. The Morgan fingerprint density at radius 2 is 2.07 bits per heavy atom. The average Bonchev–Trinajstić information content (AvgIpc) is 3.04. The lowest BCUT2D eigenvalue weighted by Crippen LogP contribution is -2.58. The van der Waals surface area contributed by atoms with Crippen molar-refractivity contribution in [2.24, 2.45) is 5.92 Å². The number of aryl methyl sites for hydroxylation is 1. The van der Waals surface area contributed by atoms with Gasteiger partial charge in [-0.3, -0.25) is 24.3 Å². The van der Waals surface area contributed by atoms with Gasteiger partial charge in [0.2, 0.25) is 5.91 Å². The van der Waals surface area contributed by atoms with Gasteiger partial charge in [-0.1, -0.05) is 0 Å². The van der Waals surface area contributed by atoms with Crippen LogP contribution in [-0.2, 0) is 9.59 Å². The number of amides is 5. The molecule has 1 aromatic heterocycles. The number of hydrogen-bond acceptors (Lipinski definition) is 5. The van der Waals surface area contributed by atoms with Gasteiger partial charge in [0.15, 0.2) is 0 Å². The number of carbonyl (C=O) groups is 4. The minimum atomic E-state index is -0.509. The molecular weight excluding hydrogens is 374 g/mol. The number of imide groups is 1. The van der Waals surface area contributed by atoms with Crippen LogP contribution in [-0.4, -0.2) is 82.2 Å². The molecule has 1 aromatic rings. The van der Waals surface area contributed by atoms with Gasteiger partial charge in [-0.05, 0) is 43.7 Å². The number of nitrogens with one attached hydrogen (secondary N) is 1. The van der Waals surface area contributed by atoms with Crippen molar-refractivity contribution in [3.63, 3.8) is 0 Å². The first-order valence-corrected chi connectivity index (χ1v) is 10.0. The molecule has 29 heavy (non-hydrogen) atoms. The zero-order valence-electron chi connectivity index (χ0n) is 16.5. The second-order valence-electron chi connectivity index (χ2n) is 7.93. The Kier molecular flexibility index (Phi) is 5.21. The minimum Gasteiger partial charge on any atom is -0.338 e. The normalized spacial score (nSPS) is 24.4. The van der Waals surface area contributed by atoms with Gasteiger partial charge in [0.25, 0.3) is 11.8 Å². The van der Waals surface area contributed by atoms with Crippen LogP contribution in [0, 0.1) is 12.8 Å². The molecule has 0 aromatic carbocycles. The number of pyridine rings is 1. The second-order valence-corrected chi connectivity index (χ2v) is 7.93. The van der Waals surface area contributed by atoms with Gasteiger partial charge in [0.1, 0.15) is 6.54 Å². The highest BCUT2D eigenvalue weighted by molar-refractivity contribution is 6.04. The maximum Gasteiger partial charge on any atom is 0.325 e. The summed E-state index contributed by atoms with van der Waals surface area (Å²) in [5.41, 5.74) is 1.52. The molecule has 9 nitrogen and oxygen atoms in total. The summed E-state index contributed by atoms with van der Waals surface area (Å²) in [6.07, 6.45) is 5.83. The van der Waals surface area contributed by atoms with Crippen molar-refractivity contribution < 1.29 is 19.2 Å². The third-order valence-electron chi connectivity index (χ3n) is 6.16. The van der Waals surface area contributed by atoms with Crippen LogP contribution in [0.3, 0.4) is 0 Å². The van der Waals surface area contributed by atoms with Gasteiger partial charge < -0.3 is 15.1 Å². The van der Waals surface area contributed by atoms with E-state index < -0.39 is 6.03 Å². The minimum absolute atomic E-state index is 0.00568. The van der Waals surface area contributed by atoms with Crippen LogP contribution in [0.1, 0.15) is 35.2 Å². The molecule has 4 rings (SSSR count). The molecule has 3 saturated heterocycles. The predicted molar refractivity (Wildman–Crippen MR) is 103 cm³/mol. The molecule has 4 heterocycles. The van der Waals surface area contributed by atoms with E-state index in [1.807, 2.05) is 16.7 Å². The smallest absolute Gasteiger partial charge is 0.325 e. The summed E-state index contributed by atoms with van der Waals surface area (Å²) in [6.45, 7) is 3.42. The Balaban J connectivity index is 1.42. The molecule has 0 aliphatic carbocycles. The second kappa shape index (κ2) is 7.81. The summed E-state index contributed by atoms with van der Waals surface area (Å²) in [6, 6.07) is 1.28. The van der Waals surface area contributed by atoms with E-state index in [2.05, 4.69) is 10.3 Å². The van der Waals surface area contributed by atoms with Gasteiger partial charge in [-0.15, -0.1) is 0 Å². The van der Waals surface area contributed by atoms with Crippen molar-refractivity contribution in [2.75, 3.05) is 32.7 Å². The van der Waals surface area contributed by atoms with Gasteiger partial charge >= 0.3 is 6.03 Å². The van der Waals surface area contributed by atoms with Crippen molar-refractivity contribution in [1.29, 1.82) is 0 Å². The summed E-state index contributed by atoms with van der Waals surface area (Å²) in [4.78, 5) is 58.0. The lowest BCUT2D eigenvalue weighted by atomic mass is 9.83. The molecule has 1 N–H and O–H groups in total. The Labute approximate surface area is 169 Å². The van der Waals surface area contributed by atoms with E-state index in [-0.39, 0.29) is 42.8 Å². The maximum atomic E-state index is 12.9. The third kappa shape index (κ3) is 3.68. The van der Waals surface area contributed by atoms with E-state index in [1.54, 1.807) is 18.5 Å². The molecule has 0 spiro atoms. The molecule has 3 fully saturated rings. The number of nitrogens with zero attached hydrogens (tertiary/aromatic N) is 4. The third-order valence-corrected chi connectivity index (χ3v) is 6.16. The molecule has 0 bridgehead atoms. The summed E-state index contributed by atoms with van der Waals surface area (Å²) >= 11 is 0. The molecule has 0 radical (unpaired) electrons. The Hall–Kier alpha value is -2.97. The highest BCUT2D eigenvalue weighted by Crippen LogP contribution is 2.31. The van der Waals surface area contributed by atoms with E-state index in [0.29, 0.717) is 31.6 Å². The van der Waals surface area contributed by atoms with Crippen LogP contribution in [0.25, 0.3) is 0 Å². The number of carbonyl (C=O) groups excluding carboxylic acids is 4. The number of urea groups is 1. The van der Waals surface area contributed by atoms with Crippen molar-refractivity contribution in [1.82, 2.24) is 25.0 Å². The monoisotopic (exact) mass is 399 g/mol. The van der Waals surface area contributed by atoms with E-state index in [1.165, 1.54) is 0 Å². The van der Waals surface area contributed by atoms with E-state index in [4.69, 9.17) is 0 Å². The van der Waals surface area contributed by atoms with E-state index >= 15 is 0 Å². The molecule has 9 heteroatoms. The van der Waals surface area contributed by atoms with Crippen LogP contribution in [0.15, 0.2) is 18.5 Å². The van der Waals surface area contributed by atoms with Crippen LogP contribution in [0.5, 0.6) is 0 Å². The van der Waals surface area contributed by atoms with Crippen molar-refractivity contribution >= 4 is 23.8 Å². The van der Waals surface area contributed by atoms with Gasteiger partial charge in [0.05, 0.1) is 6.54 Å². The van der Waals surface area contributed by atoms with Crippen LogP contribution >= 0.6 is 0 Å². The first kappa shape index (κ1) is 19.4. The van der Waals surface area contributed by atoms with Gasteiger partial charge in [-0.2, -0.15) is 0 Å². The summed E-state index contributed by atoms with van der Waals surface area (Å²) < 4.78 is 0. The largest absolute Gasteiger partial charge is 0.338 e. The fourth-order valence-electron chi connectivity index (χ4n) is 4.62. The van der Waals surface area contributed by atoms with Crippen molar-refractivity contribution in [2.45, 2.75) is 32.2 Å². The summed E-state index contributed by atoms with van der Waals surface area (Å²) in [5, 5.41) is 2.44. The van der Waals surface area contributed by atoms with Crippen LogP contribution in [0.4, 0.5) is 4.79 Å². The molecule has 154 valence electrons. The number of rotatable bonds is 3. The molecule has 0 saturated carbocycles. The summed E-state index contributed by atoms with van der Waals surface area (Å²) in [5.74, 6) is -0.360. The average molecular weight is 399 g/mol. The molecule has 3 aliphatic heterocycles. The molecule has 2 atom stereocenters. The first-order valence-electron chi connectivity index (χ1n) is 10.0. The molecule has 2 unspecified atom stereocenters. The Morgan fingerprint density at radius 3 is 2.79 bits per heavy atom. The highest BCUT2D eigenvalue weighted by atomic mass is 16.2. The SMILES string of the molecule is Cc1cnccc1C(=O)N1CCC2C(CCCN2C(=O)CN2C(=O)CNC2=O)C1. The maximum absolute atomic E-state index is 12.9. The number of hydrogen-bond donors (Lipinski definition) is 1. The van der Waals surface area contributed by atoms with Gasteiger partial charge in [0, 0.05) is 43.6 Å². The van der Waals surface area contributed by atoms with Crippen LogP contribution in [0.2, 0.25) is 0 Å². The Morgan fingerprint density at radius 1 is 1.24 bits per heavy atom. The number of fused-ring (bicyclic) bond motifs is 1. The zero-order valence-corrected chi connectivity index (χ0v) is 16.5. The van der Waals surface area contributed by atoms with E-state index in [9.17, 15) is 19.2 Å². The molecule has 5 amide bonds. The standard InChI is InChI=1S/C20H25N5O4/c1-13-9-21-6-4-15(13)19(28)23-8-5-16-14(11-23)3-2-7-24(16)18(27)12-25-17(26)10-22-20(25)29/h4,6,9,14,16H,2-3,5,7-8,10-12H2,1H3,(H,22,29). The lowest BCUT2D eigenvalue weighted by Gasteiger charge is -2.47. The fourth-order valence-corrected chi connectivity index (χ4v) is 4.62. The molecule has 3 aliphatic rings. The topological polar surface area (TPSA) is 103 Å². The molecular formula is C20H25N5O4. The van der Waals surface area contributed by atoms with Crippen molar-refractivity contribution in [3.05, 3.63) is 29.6 Å². The fraction of sp³-hybridized carbons (Fsp3) is 0.550. The predicted octanol–water partition coefficient (Wildman–Crippen LogP) is 0.395. The first-order chi connectivity index (χ1) is 14.0.